The van der Waals surface area contributed by atoms with Crippen LogP contribution in [0.25, 0.3) is 0 Å². The van der Waals surface area contributed by atoms with Gasteiger partial charge in [-0.15, -0.1) is 0 Å². The molecule has 1 aliphatic carbocycles. The largest absolute Gasteiger partial charge is 0.444 e. The molecule has 0 heterocycles. The van der Waals surface area contributed by atoms with Gasteiger partial charge in [0, 0.05) is 19.8 Å². The van der Waals surface area contributed by atoms with E-state index in [0.717, 1.165) is 12.8 Å². The van der Waals surface area contributed by atoms with Crippen molar-refractivity contribution < 1.29 is 9.53 Å². The lowest BCUT2D eigenvalue weighted by Gasteiger charge is -2.12. The summed E-state index contributed by atoms with van der Waals surface area (Å²) in [4.78, 5) is 10.4. The maximum absolute atomic E-state index is 10.4. The third-order valence-electron chi connectivity index (χ3n) is 1.50. The van der Waals surface area contributed by atoms with E-state index >= 15 is 0 Å². The summed E-state index contributed by atoms with van der Waals surface area (Å²) in [6, 6.07) is 0. The number of nitrogens with one attached hydrogen (secondary N) is 1. The number of rotatable bonds is 2. The Morgan fingerprint density at radius 3 is 2.33 bits per heavy atom. The van der Waals surface area contributed by atoms with E-state index in [2.05, 4.69) is 5.32 Å². The van der Waals surface area contributed by atoms with Gasteiger partial charge in [-0.2, -0.15) is 0 Å². The van der Waals surface area contributed by atoms with Crippen molar-refractivity contribution in [1.82, 2.24) is 5.32 Å². The standard InChI is InChI=1S/C6H11NO2/c1-5(8)9-6(7-2)3-4-6/h7H,3-4H2,1-2H3. The molecule has 1 fully saturated rings. The van der Waals surface area contributed by atoms with Crippen molar-refractivity contribution in [2.45, 2.75) is 25.5 Å². The molecule has 0 aromatic heterocycles. The molecule has 0 saturated heterocycles. The van der Waals surface area contributed by atoms with Crippen LogP contribution in [0.5, 0.6) is 0 Å². The van der Waals surface area contributed by atoms with E-state index in [4.69, 9.17) is 4.74 Å². The van der Waals surface area contributed by atoms with E-state index in [9.17, 15) is 4.79 Å². The minimum Gasteiger partial charge on any atom is -0.444 e. The fourth-order valence-corrected chi connectivity index (χ4v) is 0.792. The third kappa shape index (κ3) is 1.42. The smallest absolute Gasteiger partial charge is 0.304 e. The number of ether oxygens (including phenoxy) is 1. The molecule has 1 aliphatic rings. The molecule has 0 aliphatic heterocycles. The van der Waals surface area contributed by atoms with Gasteiger partial charge in [0.2, 0.25) is 0 Å². The first-order valence-corrected chi connectivity index (χ1v) is 3.07. The van der Waals surface area contributed by atoms with Crippen LogP contribution in [0.15, 0.2) is 0 Å². The van der Waals surface area contributed by atoms with E-state index in [-0.39, 0.29) is 11.7 Å². The molecule has 3 heteroatoms. The molecule has 3 nitrogen and oxygen atoms in total. The van der Waals surface area contributed by atoms with Crippen LogP contribution in [-0.4, -0.2) is 18.7 Å². The van der Waals surface area contributed by atoms with E-state index in [0.29, 0.717) is 0 Å². The molecule has 0 spiro atoms. The van der Waals surface area contributed by atoms with Crippen LogP contribution >= 0.6 is 0 Å². The van der Waals surface area contributed by atoms with Gasteiger partial charge in [-0.1, -0.05) is 0 Å². The molecule has 1 N–H and O–H groups in total. The van der Waals surface area contributed by atoms with Gasteiger partial charge in [-0.3, -0.25) is 10.1 Å². The molecular formula is C6H11NO2. The van der Waals surface area contributed by atoms with Gasteiger partial charge in [-0.25, -0.2) is 0 Å². The maximum Gasteiger partial charge on any atom is 0.304 e. The molecule has 0 aromatic carbocycles. The molecule has 9 heavy (non-hydrogen) atoms. The summed E-state index contributed by atoms with van der Waals surface area (Å²) in [7, 11) is 1.80. The average molecular weight is 129 g/mol. The van der Waals surface area contributed by atoms with Gasteiger partial charge >= 0.3 is 5.97 Å². The Morgan fingerprint density at radius 2 is 2.22 bits per heavy atom. The lowest BCUT2D eigenvalue weighted by molar-refractivity contribution is -0.150. The first-order chi connectivity index (χ1) is 4.18. The van der Waals surface area contributed by atoms with Crippen LogP contribution in [0.1, 0.15) is 19.8 Å². The Kier molecular flexibility index (Phi) is 1.45. The molecule has 52 valence electrons. The number of hydrogen-bond donors (Lipinski definition) is 1. The second-order valence-electron chi connectivity index (χ2n) is 2.34. The number of carbonyl (C=O) groups excluding carboxylic acids is 1. The summed E-state index contributed by atoms with van der Waals surface area (Å²) in [6.07, 6.45) is 1.90. The topological polar surface area (TPSA) is 38.3 Å². The second kappa shape index (κ2) is 1.99. The molecule has 0 radical (unpaired) electrons. The Morgan fingerprint density at radius 1 is 1.67 bits per heavy atom. The fraction of sp³-hybridized carbons (Fsp3) is 0.833. The highest BCUT2D eigenvalue weighted by Crippen LogP contribution is 2.35. The summed E-state index contributed by atoms with van der Waals surface area (Å²) < 4.78 is 4.95. The zero-order chi connectivity index (χ0) is 6.91. The normalized spacial score (nSPS) is 21.1. The van der Waals surface area contributed by atoms with E-state index in [1.54, 1.807) is 7.05 Å². The van der Waals surface area contributed by atoms with Gasteiger partial charge in [0.1, 0.15) is 0 Å². The Bertz CT molecular complexity index is 129. The minimum atomic E-state index is -0.286. The molecule has 0 atom stereocenters. The Balaban J connectivity index is 2.33. The second-order valence-corrected chi connectivity index (χ2v) is 2.34. The van der Waals surface area contributed by atoms with Crippen molar-refractivity contribution in [2.24, 2.45) is 0 Å². The molecule has 0 aromatic rings. The van der Waals surface area contributed by atoms with E-state index in [1.807, 2.05) is 0 Å². The van der Waals surface area contributed by atoms with Gasteiger partial charge in [0.05, 0.1) is 0 Å². The predicted octanol–water partition coefficient (Wildman–Crippen LogP) is 0.259. The Labute approximate surface area is 54.4 Å². The quantitative estimate of drug-likeness (QED) is 0.429. The summed E-state index contributed by atoms with van der Waals surface area (Å²) in [5.41, 5.74) is -0.286. The highest BCUT2D eigenvalue weighted by atomic mass is 16.6. The lowest BCUT2D eigenvalue weighted by Crippen LogP contribution is -2.32. The van der Waals surface area contributed by atoms with Crippen molar-refractivity contribution in [3.05, 3.63) is 0 Å². The van der Waals surface area contributed by atoms with Crippen molar-refractivity contribution >= 4 is 5.97 Å². The SMILES string of the molecule is CNC1(OC(C)=O)CC1. The highest BCUT2D eigenvalue weighted by Gasteiger charge is 2.44. The summed E-state index contributed by atoms with van der Waals surface area (Å²) in [6.45, 7) is 1.43. The van der Waals surface area contributed by atoms with Crippen molar-refractivity contribution in [3.8, 4) is 0 Å². The number of carbonyl (C=O) groups is 1. The number of hydrogen-bond acceptors (Lipinski definition) is 3. The predicted molar refractivity (Wildman–Crippen MR) is 32.8 cm³/mol. The zero-order valence-electron chi connectivity index (χ0n) is 5.73. The number of esters is 1. The monoisotopic (exact) mass is 129 g/mol. The zero-order valence-corrected chi connectivity index (χ0v) is 5.73. The van der Waals surface area contributed by atoms with Gasteiger partial charge in [0.15, 0.2) is 5.72 Å². The lowest BCUT2D eigenvalue weighted by atomic mass is 10.6. The molecular weight excluding hydrogens is 118 g/mol. The molecule has 1 saturated carbocycles. The van der Waals surface area contributed by atoms with E-state index in [1.165, 1.54) is 6.92 Å². The Hall–Kier alpha value is -0.570. The van der Waals surface area contributed by atoms with Crippen LogP contribution in [0.4, 0.5) is 0 Å². The van der Waals surface area contributed by atoms with Crippen LogP contribution in [0.2, 0.25) is 0 Å². The van der Waals surface area contributed by atoms with Crippen molar-refractivity contribution in [3.63, 3.8) is 0 Å². The molecule has 0 amide bonds. The summed E-state index contributed by atoms with van der Waals surface area (Å²) >= 11 is 0. The van der Waals surface area contributed by atoms with Gasteiger partial charge in [-0.05, 0) is 7.05 Å². The van der Waals surface area contributed by atoms with Crippen molar-refractivity contribution in [2.75, 3.05) is 7.05 Å². The maximum atomic E-state index is 10.4. The summed E-state index contributed by atoms with van der Waals surface area (Å²) in [5.74, 6) is -0.207. The van der Waals surface area contributed by atoms with Crippen LogP contribution in [0, 0.1) is 0 Å². The van der Waals surface area contributed by atoms with Crippen LogP contribution in [0.3, 0.4) is 0 Å². The van der Waals surface area contributed by atoms with Crippen molar-refractivity contribution in [1.29, 1.82) is 0 Å². The summed E-state index contributed by atoms with van der Waals surface area (Å²) in [5, 5.41) is 2.94. The molecule has 1 rings (SSSR count). The van der Waals surface area contributed by atoms with E-state index < -0.39 is 0 Å². The van der Waals surface area contributed by atoms with Crippen LogP contribution in [-0.2, 0) is 9.53 Å². The molecule has 0 bridgehead atoms. The average Bonchev–Trinajstić information content (AvgIpc) is 2.48. The highest BCUT2D eigenvalue weighted by molar-refractivity contribution is 5.66. The molecule has 0 unspecified atom stereocenters. The minimum absolute atomic E-state index is 0.207. The fourth-order valence-electron chi connectivity index (χ4n) is 0.792. The van der Waals surface area contributed by atoms with Gasteiger partial charge in [0.25, 0.3) is 0 Å². The van der Waals surface area contributed by atoms with Crippen LogP contribution < -0.4 is 5.32 Å². The first kappa shape index (κ1) is 6.55. The third-order valence-corrected chi connectivity index (χ3v) is 1.50. The van der Waals surface area contributed by atoms with Gasteiger partial charge < -0.3 is 4.74 Å². The first-order valence-electron chi connectivity index (χ1n) is 3.07.